The van der Waals surface area contributed by atoms with Gasteiger partial charge in [-0.05, 0) is 31.2 Å². The number of thiocarbonyl (C=S) groups is 1. The van der Waals surface area contributed by atoms with Gasteiger partial charge in [0.2, 0.25) is 0 Å². The molecule has 2 N–H and O–H groups in total. The van der Waals surface area contributed by atoms with Crippen LogP contribution in [0.1, 0.15) is 6.92 Å². The van der Waals surface area contributed by atoms with Crippen molar-refractivity contribution < 1.29 is 9.53 Å². The molecule has 1 aromatic carbocycles. The fraction of sp³-hybridized carbons (Fsp3) is 0.333. The molecule has 0 bridgehead atoms. The van der Waals surface area contributed by atoms with Crippen molar-refractivity contribution in [2.75, 3.05) is 13.7 Å². The number of nitrogens with zero attached hydrogens (tertiary/aromatic N) is 1. The maximum atomic E-state index is 11.8. The molecule has 0 saturated carbocycles. The Hall–Kier alpha value is -1.33. The predicted molar refractivity (Wildman–Crippen MR) is 76.0 cm³/mol. The molecule has 18 heavy (non-hydrogen) atoms. The van der Waals surface area contributed by atoms with Crippen molar-refractivity contribution in [2.45, 2.75) is 13.0 Å². The van der Waals surface area contributed by atoms with E-state index in [2.05, 4.69) is 0 Å². The third kappa shape index (κ3) is 4.16. The van der Waals surface area contributed by atoms with Gasteiger partial charge in [-0.3, -0.25) is 4.79 Å². The van der Waals surface area contributed by atoms with Gasteiger partial charge in [0.15, 0.2) is 6.61 Å². The van der Waals surface area contributed by atoms with E-state index in [1.807, 2.05) is 0 Å². The molecular weight excluding hydrogens is 272 g/mol. The third-order valence-corrected chi connectivity index (χ3v) is 3.16. The largest absolute Gasteiger partial charge is 0.484 e. The van der Waals surface area contributed by atoms with Gasteiger partial charge < -0.3 is 15.4 Å². The van der Waals surface area contributed by atoms with E-state index in [9.17, 15) is 4.79 Å². The highest BCUT2D eigenvalue weighted by atomic mass is 35.5. The number of nitrogens with two attached hydrogens (primary N) is 1. The van der Waals surface area contributed by atoms with Crippen LogP contribution in [0.25, 0.3) is 0 Å². The second-order valence-corrected chi connectivity index (χ2v) is 4.73. The van der Waals surface area contributed by atoms with E-state index in [4.69, 9.17) is 34.3 Å². The topological polar surface area (TPSA) is 55.6 Å². The van der Waals surface area contributed by atoms with Crippen molar-refractivity contribution in [3.8, 4) is 5.75 Å². The van der Waals surface area contributed by atoms with E-state index in [1.165, 1.54) is 4.90 Å². The highest BCUT2D eigenvalue weighted by Gasteiger charge is 2.17. The highest BCUT2D eigenvalue weighted by Crippen LogP contribution is 2.15. The molecule has 0 aliphatic rings. The van der Waals surface area contributed by atoms with E-state index in [1.54, 1.807) is 38.2 Å². The van der Waals surface area contributed by atoms with Crippen molar-refractivity contribution >= 4 is 34.7 Å². The zero-order valence-corrected chi connectivity index (χ0v) is 11.8. The van der Waals surface area contributed by atoms with Crippen molar-refractivity contribution in [3.63, 3.8) is 0 Å². The Bertz CT molecular complexity index is 436. The second-order valence-electron chi connectivity index (χ2n) is 3.83. The van der Waals surface area contributed by atoms with Crippen molar-refractivity contribution in [1.82, 2.24) is 4.90 Å². The summed E-state index contributed by atoms with van der Waals surface area (Å²) < 4.78 is 5.34. The molecule has 0 aliphatic heterocycles. The predicted octanol–water partition coefficient (Wildman–Crippen LogP) is 1.85. The minimum absolute atomic E-state index is 0.0644. The molecule has 1 rings (SSSR count). The summed E-state index contributed by atoms with van der Waals surface area (Å²) in [6, 6.07) is 6.51. The van der Waals surface area contributed by atoms with Gasteiger partial charge in [-0.15, -0.1) is 0 Å². The molecule has 0 aromatic heterocycles. The van der Waals surface area contributed by atoms with Gasteiger partial charge in [-0.25, -0.2) is 0 Å². The number of halogens is 1. The Morgan fingerprint density at radius 2 is 2.06 bits per heavy atom. The van der Waals surface area contributed by atoms with Crippen molar-refractivity contribution in [1.29, 1.82) is 0 Å². The number of rotatable bonds is 5. The molecule has 98 valence electrons. The van der Waals surface area contributed by atoms with Gasteiger partial charge in [0.05, 0.1) is 11.0 Å². The minimum atomic E-state index is -0.290. The average molecular weight is 287 g/mol. The first-order valence-corrected chi connectivity index (χ1v) is 6.13. The second kappa shape index (κ2) is 6.56. The lowest BCUT2D eigenvalue weighted by atomic mass is 10.3. The first kappa shape index (κ1) is 14.7. The van der Waals surface area contributed by atoms with E-state index >= 15 is 0 Å². The molecule has 0 aliphatic carbocycles. The molecular formula is C12H15ClN2O2S. The van der Waals surface area contributed by atoms with Gasteiger partial charge in [-0.2, -0.15) is 0 Å². The van der Waals surface area contributed by atoms with Gasteiger partial charge in [-0.1, -0.05) is 23.8 Å². The molecule has 0 radical (unpaired) electrons. The van der Waals surface area contributed by atoms with E-state index in [-0.39, 0.29) is 23.5 Å². The highest BCUT2D eigenvalue weighted by molar-refractivity contribution is 7.80. The zero-order valence-electron chi connectivity index (χ0n) is 10.2. The summed E-state index contributed by atoms with van der Waals surface area (Å²) in [5.74, 6) is 0.398. The molecule has 6 heteroatoms. The number of amides is 1. The van der Waals surface area contributed by atoms with Crippen molar-refractivity contribution in [3.05, 3.63) is 29.3 Å². The standard InChI is InChI=1S/C12H15ClN2O2S/c1-8(12(14)18)15(2)11(16)7-17-10-5-3-9(13)4-6-10/h3-6,8H,7H2,1-2H3,(H2,14,18). The minimum Gasteiger partial charge on any atom is -0.484 e. The molecule has 0 fully saturated rings. The fourth-order valence-corrected chi connectivity index (χ4v) is 1.47. The summed E-state index contributed by atoms with van der Waals surface area (Å²) in [7, 11) is 1.64. The number of ether oxygens (including phenoxy) is 1. The molecule has 0 spiro atoms. The monoisotopic (exact) mass is 286 g/mol. The van der Waals surface area contributed by atoms with Crippen LogP contribution in [-0.2, 0) is 4.79 Å². The SMILES string of the molecule is CC(C(N)=S)N(C)C(=O)COc1ccc(Cl)cc1. The summed E-state index contributed by atoms with van der Waals surface area (Å²) >= 11 is 10.6. The van der Waals surface area contributed by atoms with Gasteiger partial charge in [0, 0.05) is 12.1 Å². The zero-order chi connectivity index (χ0) is 13.7. The van der Waals surface area contributed by atoms with Crippen LogP contribution in [-0.4, -0.2) is 35.5 Å². The first-order chi connectivity index (χ1) is 8.41. The summed E-state index contributed by atoms with van der Waals surface area (Å²) in [6.07, 6.45) is 0. The van der Waals surface area contributed by atoms with Crippen molar-refractivity contribution in [2.24, 2.45) is 5.73 Å². The maximum absolute atomic E-state index is 11.8. The van der Waals surface area contributed by atoms with Gasteiger partial charge in [0.1, 0.15) is 5.75 Å². The lowest BCUT2D eigenvalue weighted by Gasteiger charge is -2.23. The van der Waals surface area contributed by atoms with Crippen LogP contribution < -0.4 is 10.5 Å². The van der Waals surface area contributed by atoms with E-state index in [0.29, 0.717) is 10.8 Å². The normalized spacial score (nSPS) is 11.7. The Balaban J connectivity index is 2.50. The number of carbonyl (C=O) groups excluding carboxylic acids is 1. The Labute approximate surface area is 117 Å². The third-order valence-electron chi connectivity index (χ3n) is 2.56. The molecule has 1 amide bonds. The lowest BCUT2D eigenvalue weighted by molar-refractivity contribution is -0.132. The van der Waals surface area contributed by atoms with Gasteiger partial charge >= 0.3 is 0 Å². The Morgan fingerprint density at radius 3 is 2.56 bits per heavy atom. The fourth-order valence-electron chi connectivity index (χ4n) is 1.18. The first-order valence-electron chi connectivity index (χ1n) is 5.35. The number of hydrogen-bond acceptors (Lipinski definition) is 3. The maximum Gasteiger partial charge on any atom is 0.260 e. The summed E-state index contributed by atoms with van der Waals surface area (Å²) in [4.78, 5) is 13.5. The van der Waals surface area contributed by atoms with Gasteiger partial charge in [0.25, 0.3) is 5.91 Å². The van der Waals surface area contributed by atoms with Crippen LogP contribution in [0, 0.1) is 0 Å². The van der Waals surface area contributed by atoms with Crippen LogP contribution in [0.2, 0.25) is 5.02 Å². The van der Waals surface area contributed by atoms with E-state index in [0.717, 1.165) is 0 Å². The van der Waals surface area contributed by atoms with Crippen LogP contribution in [0.3, 0.4) is 0 Å². The molecule has 0 saturated heterocycles. The smallest absolute Gasteiger partial charge is 0.260 e. The molecule has 0 heterocycles. The van der Waals surface area contributed by atoms with Crippen LogP contribution in [0.15, 0.2) is 24.3 Å². The molecule has 1 unspecified atom stereocenters. The number of benzene rings is 1. The quantitative estimate of drug-likeness (QED) is 0.840. The molecule has 1 atom stereocenters. The lowest BCUT2D eigenvalue weighted by Crippen LogP contribution is -2.44. The Morgan fingerprint density at radius 1 is 1.50 bits per heavy atom. The number of likely N-dealkylation sites (N-methyl/N-ethyl adjacent to an activating group) is 1. The molecule has 4 nitrogen and oxygen atoms in total. The van der Waals surface area contributed by atoms with E-state index < -0.39 is 0 Å². The number of carbonyl (C=O) groups is 1. The summed E-state index contributed by atoms with van der Waals surface area (Å²) in [5, 5.41) is 0.618. The number of hydrogen-bond donors (Lipinski definition) is 1. The summed E-state index contributed by atoms with van der Waals surface area (Å²) in [5.41, 5.74) is 5.48. The van der Waals surface area contributed by atoms with Crippen LogP contribution >= 0.6 is 23.8 Å². The van der Waals surface area contributed by atoms with Crippen LogP contribution in [0.5, 0.6) is 5.75 Å². The average Bonchev–Trinajstić information content (AvgIpc) is 2.35. The summed E-state index contributed by atoms with van der Waals surface area (Å²) in [6.45, 7) is 1.70. The molecule has 1 aromatic rings. The Kier molecular flexibility index (Phi) is 5.37. The van der Waals surface area contributed by atoms with Crippen LogP contribution in [0.4, 0.5) is 0 Å².